The summed E-state index contributed by atoms with van der Waals surface area (Å²) in [5, 5.41) is 5.32. The van der Waals surface area contributed by atoms with Crippen LogP contribution in [0.5, 0.6) is 5.75 Å². The zero-order valence-corrected chi connectivity index (χ0v) is 17.2. The molecule has 0 unspecified atom stereocenters. The number of aldehydes is 1. The summed E-state index contributed by atoms with van der Waals surface area (Å²) in [4.78, 5) is 35.9. The molecule has 1 rings (SSSR count). The quantitative estimate of drug-likeness (QED) is 0.533. The van der Waals surface area contributed by atoms with E-state index in [4.69, 9.17) is 9.47 Å². The molecule has 0 saturated carbocycles. The minimum absolute atomic E-state index is 0.0826. The van der Waals surface area contributed by atoms with E-state index in [0.29, 0.717) is 12.8 Å². The lowest BCUT2D eigenvalue weighted by Crippen LogP contribution is -2.50. The van der Waals surface area contributed by atoms with Crippen LogP contribution in [0.15, 0.2) is 24.3 Å². The summed E-state index contributed by atoms with van der Waals surface area (Å²) >= 11 is 0. The first-order chi connectivity index (χ1) is 13.4. The molecule has 0 fully saturated rings. The molecule has 0 saturated heterocycles. The number of benzene rings is 1. The maximum atomic E-state index is 12.5. The molecule has 1 aromatic rings. The normalized spacial score (nSPS) is 12.8. The van der Waals surface area contributed by atoms with Crippen LogP contribution in [0.2, 0.25) is 0 Å². The molecule has 7 nitrogen and oxygen atoms in total. The highest BCUT2D eigenvalue weighted by Gasteiger charge is 2.24. The van der Waals surface area contributed by atoms with E-state index in [0.717, 1.165) is 30.4 Å². The summed E-state index contributed by atoms with van der Waals surface area (Å²) in [6.07, 6.45) is 2.88. The molecule has 0 bridgehead atoms. The largest absolute Gasteiger partial charge is 0.497 e. The topological polar surface area (TPSA) is 93.7 Å². The summed E-state index contributed by atoms with van der Waals surface area (Å²) in [6, 6.07) is 5.86. The number of hydrogen-bond donors (Lipinski definition) is 2. The average Bonchev–Trinajstić information content (AvgIpc) is 2.68. The number of ether oxygens (including phenoxy) is 2. The number of carbonyl (C=O) groups excluding carboxylic acids is 3. The Bertz CT molecular complexity index is 616. The second kappa shape index (κ2) is 12.8. The van der Waals surface area contributed by atoms with Crippen LogP contribution in [0.25, 0.3) is 0 Å². The van der Waals surface area contributed by atoms with Crippen LogP contribution in [-0.4, -0.2) is 37.5 Å². The summed E-state index contributed by atoms with van der Waals surface area (Å²) in [5.41, 5.74) is 0.807. The van der Waals surface area contributed by atoms with Crippen molar-refractivity contribution in [3.8, 4) is 5.75 Å². The number of alkyl carbamates (subject to hydrolysis) is 1. The molecule has 0 heterocycles. The van der Waals surface area contributed by atoms with Gasteiger partial charge >= 0.3 is 6.09 Å². The van der Waals surface area contributed by atoms with Gasteiger partial charge in [-0.05, 0) is 36.5 Å². The van der Waals surface area contributed by atoms with Gasteiger partial charge in [0.05, 0.1) is 13.2 Å². The van der Waals surface area contributed by atoms with E-state index in [1.165, 1.54) is 0 Å². The predicted molar refractivity (Wildman–Crippen MR) is 107 cm³/mol. The second-order valence-corrected chi connectivity index (χ2v) is 7.14. The Kier molecular flexibility index (Phi) is 10.7. The highest BCUT2D eigenvalue weighted by atomic mass is 16.5. The van der Waals surface area contributed by atoms with Crippen molar-refractivity contribution in [1.29, 1.82) is 0 Å². The molecule has 2 amide bonds. The second-order valence-electron chi connectivity index (χ2n) is 7.14. The maximum absolute atomic E-state index is 12.5. The smallest absolute Gasteiger partial charge is 0.408 e. The van der Waals surface area contributed by atoms with Crippen LogP contribution in [-0.2, 0) is 20.9 Å². The van der Waals surface area contributed by atoms with Crippen molar-refractivity contribution in [2.24, 2.45) is 5.92 Å². The first-order valence-corrected chi connectivity index (χ1v) is 9.71. The maximum Gasteiger partial charge on any atom is 0.408 e. The van der Waals surface area contributed by atoms with Gasteiger partial charge in [-0.25, -0.2) is 4.79 Å². The fourth-order valence-electron chi connectivity index (χ4n) is 2.64. The van der Waals surface area contributed by atoms with E-state index in [1.807, 2.05) is 20.8 Å². The van der Waals surface area contributed by atoms with Gasteiger partial charge in [-0.15, -0.1) is 0 Å². The first kappa shape index (κ1) is 23.5. The number of methoxy groups -OCH3 is 1. The monoisotopic (exact) mass is 392 g/mol. The summed E-state index contributed by atoms with van der Waals surface area (Å²) in [5.74, 6) is 0.529. The van der Waals surface area contributed by atoms with Gasteiger partial charge in [0.1, 0.15) is 24.7 Å². The molecule has 0 aliphatic carbocycles. The highest BCUT2D eigenvalue weighted by Crippen LogP contribution is 2.12. The van der Waals surface area contributed by atoms with Gasteiger partial charge in [-0.3, -0.25) is 4.79 Å². The third-order valence-corrected chi connectivity index (χ3v) is 4.21. The Hall–Kier alpha value is -2.57. The Labute approximate surface area is 167 Å². The number of unbranched alkanes of at least 4 members (excludes halogenated alkanes) is 1. The van der Waals surface area contributed by atoms with Crippen molar-refractivity contribution < 1.29 is 23.9 Å². The SMILES string of the molecule is CCCC[C@@H](C=O)NC(=O)[C@H](CC(C)C)NC(=O)OCc1ccc(OC)cc1. The standard InChI is InChI=1S/C21H32N2O5/c1-5-6-7-17(13-24)22-20(25)19(12-15(2)3)23-21(26)28-14-16-8-10-18(27-4)11-9-16/h8-11,13,15,17,19H,5-7,12,14H2,1-4H3,(H,22,25)(H,23,26)/t17-,19-/m0/s1. The third-order valence-electron chi connectivity index (χ3n) is 4.21. The van der Waals surface area contributed by atoms with E-state index < -0.39 is 18.2 Å². The van der Waals surface area contributed by atoms with Gasteiger partial charge in [0.25, 0.3) is 0 Å². The Balaban J connectivity index is 2.61. The molecule has 1 aromatic carbocycles. The number of amides is 2. The Morgan fingerprint density at radius 2 is 1.82 bits per heavy atom. The van der Waals surface area contributed by atoms with Crippen molar-refractivity contribution in [1.82, 2.24) is 10.6 Å². The molecule has 28 heavy (non-hydrogen) atoms. The number of hydrogen-bond acceptors (Lipinski definition) is 5. The Morgan fingerprint density at radius 1 is 1.14 bits per heavy atom. The van der Waals surface area contributed by atoms with E-state index in [1.54, 1.807) is 31.4 Å². The fourth-order valence-corrected chi connectivity index (χ4v) is 2.64. The lowest BCUT2D eigenvalue weighted by Gasteiger charge is -2.22. The van der Waals surface area contributed by atoms with Crippen LogP contribution in [0.1, 0.15) is 52.0 Å². The molecule has 0 radical (unpaired) electrons. The average molecular weight is 392 g/mol. The molecule has 0 aliphatic heterocycles. The lowest BCUT2D eigenvalue weighted by atomic mass is 10.0. The van der Waals surface area contributed by atoms with Crippen LogP contribution in [0, 0.1) is 5.92 Å². The summed E-state index contributed by atoms with van der Waals surface area (Å²) in [6.45, 7) is 6.02. The van der Waals surface area contributed by atoms with E-state index >= 15 is 0 Å². The third kappa shape index (κ3) is 8.88. The van der Waals surface area contributed by atoms with Crippen LogP contribution < -0.4 is 15.4 Å². The van der Waals surface area contributed by atoms with Crippen molar-refractivity contribution in [3.63, 3.8) is 0 Å². The van der Waals surface area contributed by atoms with Gasteiger partial charge in [0.2, 0.25) is 5.91 Å². The van der Waals surface area contributed by atoms with E-state index in [-0.39, 0.29) is 18.4 Å². The first-order valence-electron chi connectivity index (χ1n) is 9.71. The summed E-state index contributed by atoms with van der Waals surface area (Å²) in [7, 11) is 1.58. The van der Waals surface area contributed by atoms with Crippen molar-refractivity contribution in [2.75, 3.05) is 7.11 Å². The van der Waals surface area contributed by atoms with Gasteiger partial charge < -0.3 is 24.9 Å². The molecule has 2 atom stereocenters. The lowest BCUT2D eigenvalue weighted by molar-refractivity contribution is -0.126. The number of carbonyl (C=O) groups is 3. The molecule has 2 N–H and O–H groups in total. The van der Waals surface area contributed by atoms with Crippen LogP contribution in [0.4, 0.5) is 4.79 Å². The Morgan fingerprint density at radius 3 is 2.36 bits per heavy atom. The van der Waals surface area contributed by atoms with Crippen LogP contribution >= 0.6 is 0 Å². The van der Waals surface area contributed by atoms with Gasteiger partial charge in [0, 0.05) is 0 Å². The molecule has 0 spiro atoms. The van der Waals surface area contributed by atoms with Gasteiger partial charge in [0.15, 0.2) is 0 Å². The fraction of sp³-hybridized carbons (Fsp3) is 0.571. The molecular formula is C21H32N2O5. The van der Waals surface area contributed by atoms with Crippen LogP contribution in [0.3, 0.4) is 0 Å². The molecule has 0 aromatic heterocycles. The molecule has 156 valence electrons. The van der Waals surface area contributed by atoms with E-state index in [2.05, 4.69) is 10.6 Å². The minimum atomic E-state index is -0.757. The minimum Gasteiger partial charge on any atom is -0.497 e. The van der Waals surface area contributed by atoms with Gasteiger partial charge in [-0.1, -0.05) is 45.7 Å². The summed E-state index contributed by atoms with van der Waals surface area (Å²) < 4.78 is 10.3. The zero-order chi connectivity index (χ0) is 20.9. The molecule has 7 heteroatoms. The molecular weight excluding hydrogens is 360 g/mol. The zero-order valence-electron chi connectivity index (χ0n) is 17.2. The highest BCUT2D eigenvalue weighted by molar-refractivity contribution is 5.87. The number of nitrogens with one attached hydrogen (secondary N) is 2. The predicted octanol–water partition coefficient (Wildman–Crippen LogP) is 3.21. The van der Waals surface area contributed by atoms with Crippen molar-refractivity contribution >= 4 is 18.3 Å². The van der Waals surface area contributed by atoms with Gasteiger partial charge in [-0.2, -0.15) is 0 Å². The van der Waals surface area contributed by atoms with E-state index in [9.17, 15) is 14.4 Å². The number of rotatable bonds is 12. The molecule has 0 aliphatic rings. The van der Waals surface area contributed by atoms with Crippen molar-refractivity contribution in [3.05, 3.63) is 29.8 Å². The van der Waals surface area contributed by atoms with Crippen molar-refractivity contribution in [2.45, 2.75) is 65.1 Å².